The first kappa shape index (κ1) is 19.4. The van der Waals surface area contributed by atoms with Gasteiger partial charge in [-0.2, -0.15) is 0 Å². The average molecular weight is 399 g/mol. The largest absolute Gasteiger partial charge is 0.371 e. The standard InChI is InChI=1S/C15H12Cl2N4O5/c1-19(2)14-12(6-11(20(23)24)7-13(14)21(25)26)15(22)18-10-4-8(16)3-9(17)5-10/h3-7H,1-2H3,(H,18,22). The number of non-ortho nitro benzene ring substituents is 1. The molecule has 0 spiro atoms. The molecule has 11 heteroatoms. The van der Waals surface area contributed by atoms with Crippen LogP contribution < -0.4 is 10.2 Å². The van der Waals surface area contributed by atoms with Crippen LogP contribution in [0.4, 0.5) is 22.7 Å². The van der Waals surface area contributed by atoms with E-state index in [0.29, 0.717) is 0 Å². The van der Waals surface area contributed by atoms with Crippen molar-refractivity contribution >= 4 is 51.9 Å². The number of halogens is 2. The van der Waals surface area contributed by atoms with E-state index in [-0.39, 0.29) is 27.0 Å². The van der Waals surface area contributed by atoms with Crippen LogP contribution in [0.15, 0.2) is 30.3 Å². The van der Waals surface area contributed by atoms with Crippen LogP contribution in [0.5, 0.6) is 0 Å². The third kappa shape index (κ3) is 4.19. The number of carbonyl (C=O) groups is 1. The molecular formula is C15H12Cl2N4O5. The first-order chi connectivity index (χ1) is 12.1. The molecule has 1 amide bonds. The Kier molecular flexibility index (Phi) is 5.63. The number of nitrogens with one attached hydrogen (secondary N) is 1. The molecule has 0 aliphatic rings. The third-order valence-electron chi connectivity index (χ3n) is 3.29. The molecule has 26 heavy (non-hydrogen) atoms. The highest BCUT2D eigenvalue weighted by Crippen LogP contribution is 2.36. The summed E-state index contributed by atoms with van der Waals surface area (Å²) in [6.07, 6.45) is 0. The molecule has 2 aromatic rings. The van der Waals surface area contributed by atoms with Crippen molar-refractivity contribution in [3.05, 3.63) is 66.2 Å². The number of amides is 1. The number of nitrogens with zero attached hydrogens (tertiary/aromatic N) is 3. The Bertz CT molecular complexity index is 897. The molecule has 0 aliphatic carbocycles. The van der Waals surface area contributed by atoms with Crippen molar-refractivity contribution in [3.63, 3.8) is 0 Å². The number of hydrogen-bond donors (Lipinski definition) is 1. The monoisotopic (exact) mass is 398 g/mol. The quantitative estimate of drug-likeness (QED) is 0.597. The number of rotatable bonds is 5. The minimum absolute atomic E-state index is 0.0637. The van der Waals surface area contributed by atoms with Gasteiger partial charge in [-0.3, -0.25) is 25.0 Å². The summed E-state index contributed by atoms with van der Waals surface area (Å²) < 4.78 is 0. The van der Waals surface area contributed by atoms with Gasteiger partial charge in [0.2, 0.25) is 0 Å². The molecule has 0 heterocycles. The minimum atomic E-state index is -0.806. The predicted molar refractivity (Wildman–Crippen MR) is 98.5 cm³/mol. The van der Waals surface area contributed by atoms with E-state index < -0.39 is 27.1 Å². The summed E-state index contributed by atoms with van der Waals surface area (Å²) in [7, 11) is 2.97. The van der Waals surface area contributed by atoms with Crippen LogP contribution in [0.3, 0.4) is 0 Å². The Labute approximate surface area is 157 Å². The maximum atomic E-state index is 12.6. The normalized spacial score (nSPS) is 10.3. The molecule has 0 radical (unpaired) electrons. The Balaban J connectivity index is 2.59. The van der Waals surface area contributed by atoms with Crippen molar-refractivity contribution in [1.82, 2.24) is 0 Å². The van der Waals surface area contributed by atoms with Gasteiger partial charge in [-0.05, 0) is 18.2 Å². The van der Waals surface area contributed by atoms with Crippen LogP contribution in [-0.2, 0) is 0 Å². The molecule has 2 rings (SSSR count). The lowest BCUT2D eigenvalue weighted by atomic mass is 10.1. The Morgan fingerprint density at radius 2 is 1.58 bits per heavy atom. The molecule has 0 saturated heterocycles. The fourth-order valence-corrected chi connectivity index (χ4v) is 2.84. The molecule has 0 unspecified atom stereocenters. The van der Waals surface area contributed by atoms with Gasteiger partial charge in [0.1, 0.15) is 5.69 Å². The second-order valence-corrected chi connectivity index (χ2v) is 6.25. The summed E-state index contributed by atoms with van der Waals surface area (Å²) in [5.74, 6) is -0.779. The number of nitro groups is 2. The van der Waals surface area contributed by atoms with Gasteiger partial charge in [0.05, 0.1) is 21.5 Å². The van der Waals surface area contributed by atoms with Gasteiger partial charge in [-0.25, -0.2) is 0 Å². The number of carbonyl (C=O) groups excluding carboxylic acids is 1. The number of anilines is 2. The van der Waals surface area contributed by atoms with Gasteiger partial charge < -0.3 is 10.2 Å². The van der Waals surface area contributed by atoms with Crippen LogP contribution >= 0.6 is 23.2 Å². The fourth-order valence-electron chi connectivity index (χ4n) is 2.32. The lowest BCUT2D eigenvalue weighted by Gasteiger charge is -2.17. The Morgan fingerprint density at radius 1 is 1.00 bits per heavy atom. The van der Waals surface area contributed by atoms with E-state index in [1.807, 2.05) is 0 Å². The van der Waals surface area contributed by atoms with Gasteiger partial charge >= 0.3 is 0 Å². The zero-order valence-electron chi connectivity index (χ0n) is 13.5. The maximum absolute atomic E-state index is 12.6. The van der Waals surface area contributed by atoms with E-state index in [4.69, 9.17) is 23.2 Å². The highest BCUT2D eigenvalue weighted by molar-refractivity contribution is 6.35. The molecular weight excluding hydrogens is 387 g/mol. The molecule has 136 valence electrons. The second kappa shape index (κ2) is 7.54. The molecule has 9 nitrogen and oxygen atoms in total. The first-order valence-electron chi connectivity index (χ1n) is 7.01. The van der Waals surface area contributed by atoms with Crippen LogP contribution in [0.2, 0.25) is 10.0 Å². The molecule has 0 bridgehead atoms. The molecule has 1 N–H and O–H groups in total. The zero-order valence-corrected chi connectivity index (χ0v) is 15.0. The second-order valence-electron chi connectivity index (χ2n) is 5.38. The maximum Gasteiger partial charge on any atom is 0.300 e. The number of nitro benzene ring substituents is 2. The van der Waals surface area contributed by atoms with E-state index in [9.17, 15) is 25.0 Å². The summed E-state index contributed by atoms with van der Waals surface area (Å²) in [4.78, 5) is 34.8. The lowest BCUT2D eigenvalue weighted by molar-refractivity contribution is -0.393. The molecule has 0 saturated carbocycles. The Morgan fingerprint density at radius 3 is 2.04 bits per heavy atom. The zero-order chi connectivity index (χ0) is 19.6. The summed E-state index contributed by atoms with van der Waals surface area (Å²) in [6, 6.07) is 6.09. The number of benzene rings is 2. The van der Waals surface area contributed by atoms with E-state index in [2.05, 4.69) is 5.32 Å². The van der Waals surface area contributed by atoms with Gasteiger partial charge in [0, 0.05) is 35.9 Å². The summed E-state index contributed by atoms with van der Waals surface area (Å²) >= 11 is 11.7. The van der Waals surface area contributed by atoms with E-state index in [0.717, 1.165) is 12.1 Å². The van der Waals surface area contributed by atoms with Crippen LogP contribution in [-0.4, -0.2) is 29.8 Å². The molecule has 0 aromatic heterocycles. The fraction of sp³-hybridized carbons (Fsp3) is 0.133. The van der Waals surface area contributed by atoms with Crippen molar-refractivity contribution in [1.29, 1.82) is 0 Å². The van der Waals surface area contributed by atoms with Gasteiger partial charge in [0.15, 0.2) is 0 Å². The van der Waals surface area contributed by atoms with Crippen molar-refractivity contribution in [3.8, 4) is 0 Å². The first-order valence-corrected chi connectivity index (χ1v) is 7.77. The van der Waals surface area contributed by atoms with Crippen LogP contribution in [0, 0.1) is 20.2 Å². The topological polar surface area (TPSA) is 119 Å². The summed E-state index contributed by atoms with van der Waals surface area (Å²) in [5.41, 5.74) is -1.18. The van der Waals surface area contributed by atoms with Crippen molar-refractivity contribution in [2.75, 3.05) is 24.3 Å². The molecule has 0 atom stereocenters. The summed E-state index contributed by atoms with van der Waals surface area (Å²) in [6.45, 7) is 0. The van der Waals surface area contributed by atoms with Crippen molar-refractivity contribution < 1.29 is 14.6 Å². The van der Waals surface area contributed by atoms with E-state index in [1.54, 1.807) is 0 Å². The van der Waals surface area contributed by atoms with E-state index in [1.165, 1.54) is 37.2 Å². The lowest BCUT2D eigenvalue weighted by Crippen LogP contribution is -2.20. The third-order valence-corrected chi connectivity index (χ3v) is 3.73. The highest BCUT2D eigenvalue weighted by atomic mass is 35.5. The highest BCUT2D eigenvalue weighted by Gasteiger charge is 2.28. The summed E-state index contributed by atoms with van der Waals surface area (Å²) in [5, 5.41) is 25.4. The minimum Gasteiger partial charge on any atom is -0.371 e. The van der Waals surface area contributed by atoms with Gasteiger partial charge in [-0.15, -0.1) is 0 Å². The smallest absolute Gasteiger partial charge is 0.300 e. The van der Waals surface area contributed by atoms with E-state index >= 15 is 0 Å². The van der Waals surface area contributed by atoms with Crippen molar-refractivity contribution in [2.45, 2.75) is 0 Å². The van der Waals surface area contributed by atoms with Gasteiger partial charge in [0.25, 0.3) is 17.3 Å². The molecule has 0 fully saturated rings. The van der Waals surface area contributed by atoms with Crippen LogP contribution in [0.1, 0.15) is 10.4 Å². The average Bonchev–Trinajstić information content (AvgIpc) is 2.52. The SMILES string of the molecule is CN(C)c1c(C(=O)Nc2cc(Cl)cc(Cl)c2)cc([N+](=O)[O-])cc1[N+](=O)[O-]. The van der Waals surface area contributed by atoms with Crippen molar-refractivity contribution in [2.24, 2.45) is 0 Å². The van der Waals surface area contributed by atoms with Crippen LogP contribution in [0.25, 0.3) is 0 Å². The predicted octanol–water partition coefficient (Wildman–Crippen LogP) is 4.13. The molecule has 0 aliphatic heterocycles. The Hall–Kier alpha value is -2.91. The van der Waals surface area contributed by atoms with Gasteiger partial charge in [-0.1, -0.05) is 23.2 Å². The molecule has 2 aromatic carbocycles. The number of hydrogen-bond acceptors (Lipinski definition) is 6.